The number of halogens is 3. The Labute approximate surface area is 132 Å². The van der Waals surface area contributed by atoms with E-state index >= 15 is 0 Å². The number of alkyl halides is 3. The number of hydrogen-bond donors (Lipinski definition) is 2. The molecule has 0 aromatic heterocycles. The van der Waals surface area contributed by atoms with E-state index in [9.17, 15) is 22.8 Å². The zero-order valence-electron chi connectivity index (χ0n) is 13.0. The lowest BCUT2D eigenvalue weighted by Crippen LogP contribution is -2.70. The van der Waals surface area contributed by atoms with E-state index in [2.05, 4.69) is 4.74 Å². The molecule has 0 aliphatic heterocycles. The molecule has 5 nitrogen and oxygen atoms in total. The second-order valence-corrected chi connectivity index (χ2v) is 5.13. The third-order valence-corrected chi connectivity index (χ3v) is 3.32. The van der Waals surface area contributed by atoms with Gasteiger partial charge in [-0.15, -0.1) is 0 Å². The maximum atomic E-state index is 13.5. The monoisotopic (exact) mass is 332 g/mol. The third kappa shape index (κ3) is 4.01. The van der Waals surface area contributed by atoms with Gasteiger partial charge in [0.1, 0.15) is 0 Å². The Morgan fingerprint density at radius 2 is 1.74 bits per heavy atom. The standard InChI is InChI=1S/C15H19F3N2O3/c1-4-23-13(22)14(10(2)3,15(16,17)18)20-19-12(21)11-8-6-5-7-9-11/h5-10,20H,4H2,1-3H3,(H,19,21)/t14-/m1/s1. The lowest BCUT2D eigenvalue weighted by Gasteiger charge is -2.37. The molecule has 0 spiro atoms. The van der Waals surface area contributed by atoms with Gasteiger partial charge >= 0.3 is 12.1 Å². The smallest absolute Gasteiger partial charge is 0.419 e. The molecule has 1 rings (SSSR count). The molecule has 0 heterocycles. The molecule has 0 fully saturated rings. The highest BCUT2D eigenvalue weighted by atomic mass is 19.4. The average molecular weight is 332 g/mol. The summed E-state index contributed by atoms with van der Waals surface area (Å²) in [6, 6.07) is 7.68. The molecule has 1 aromatic carbocycles. The molecule has 1 atom stereocenters. The van der Waals surface area contributed by atoms with Gasteiger partial charge in [0.15, 0.2) is 0 Å². The maximum Gasteiger partial charge on any atom is 0.419 e. The number of benzene rings is 1. The van der Waals surface area contributed by atoms with Gasteiger partial charge < -0.3 is 4.74 Å². The molecule has 23 heavy (non-hydrogen) atoms. The van der Waals surface area contributed by atoms with Crippen LogP contribution in [0.3, 0.4) is 0 Å². The van der Waals surface area contributed by atoms with E-state index in [4.69, 9.17) is 0 Å². The van der Waals surface area contributed by atoms with Gasteiger partial charge in [-0.2, -0.15) is 13.2 Å². The number of rotatable bonds is 6. The minimum absolute atomic E-state index is 0.156. The van der Waals surface area contributed by atoms with Crippen LogP contribution in [-0.2, 0) is 9.53 Å². The van der Waals surface area contributed by atoms with E-state index in [0.717, 1.165) is 0 Å². The molecule has 0 aliphatic rings. The molecule has 1 amide bonds. The summed E-state index contributed by atoms with van der Waals surface area (Å²) >= 11 is 0. The summed E-state index contributed by atoms with van der Waals surface area (Å²) in [6.07, 6.45) is -4.96. The number of hydrogen-bond acceptors (Lipinski definition) is 4. The highest BCUT2D eigenvalue weighted by molar-refractivity contribution is 5.94. The van der Waals surface area contributed by atoms with E-state index in [1.165, 1.54) is 32.9 Å². The molecule has 1 aromatic rings. The van der Waals surface area contributed by atoms with Crippen molar-refractivity contribution in [3.05, 3.63) is 35.9 Å². The number of nitrogens with one attached hydrogen (secondary N) is 2. The first kappa shape index (κ1) is 19.0. The van der Waals surface area contributed by atoms with Crippen molar-refractivity contribution in [2.45, 2.75) is 32.5 Å². The van der Waals surface area contributed by atoms with Crippen LogP contribution in [0.5, 0.6) is 0 Å². The van der Waals surface area contributed by atoms with Crippen LogP contribution in [0.2, 0.25) is 0 Å². The van der Waals surface area contributed by atoms with Crippen LogP contribution < -0.4 is 10.9 Å². The topological polar surface area (TPSA) is 67.4 Å². The zero-order valence-corrected chi connectivity index (χ0v) is 13.0. The van der Waals surface area contributed by atoms with E-state index in [-0.39, 0.29) is 12.2 Å². The van der Waals surface area contributed by atoms with Gasteiger partial charge in [0.05, 0.1) is 6.61 Å². The largest absolute Gasteiger partial charge is 0.464 e. The van der Waals surface area contributed by atoms with Gasteiger partial charge in [-0.3, -0.25) is 10.2 Å². The summed E-state index contributed by atoms with van der Waals surface area (Å²) in [7, 11) is 0. The van der Waals surface area contributed by atoms with Crippen molar-refractivity contribution >= 4 is 11.9 Å². The molecule has 0 bridgehead atoms. The van der Waals surface area contributed by atoms with Crippen LogP contribution in [0.4, 0.5) is 13.2 Å². The van der Waals surface area contributed by atoms with Crippen molar-refractivity contribution in [3.63, 3.8) is 0 Å². The number of hydrazine groups is 1. The van der Waals surface area contributed by atoms with Crippen molar-refractivity contribution in [1.82, 2.24) is 10.9 Å². The maximum absolute atomic E-state index is 13.5. The van der Waals surface area contributed by atoms with Crippen LogP contribution in [0.1, 0.15) is 31.1 Å². The third-order valence-electron chi connectivity index (χ3n) is 3.32. The first-order chi connectivity index (χ1) is 10.7. The highest BCUT2D eigenvalue weighted by Crippen LogP contribution is 2.37. The summed E-state index contributed by atoms with van der Waals surface area (Å²) in [5.41, 5.74) is 0.936. The van der Waals surface area contributed by atoms with E-state index in [0.29, 0.717) is 0 Å². The Kier molecular flexibility index (Phi) is 6.14. The Balaban J connectivity index is 3.06. The van der Waals surface area contributed by atoms with E-state index < -0.39 is 29.5 Å². The van der Waals surface area contributed by atoms with E-state index in [1.54, 1.807) is 18.2 Å². The fourth-order valence-corrected chi connectivity index (χ4v) is 2.01. The SMILES string of the molecule is CCOC(=O)[C@](NNC(=O)c1ccccc1)(C(C)C)C(F)(F)F. The molecule has 2 N–H and O–H groups in total. The summed E-state index contributed by atoms with van der Waals surface area (Å²) in [5, 5.41) is 0. The zero-order chi connectivity index (χ0) is 17.7. The van der Waals surface area contributed by atoms with Gasteiger partial charge in [0.25, 0.3) is 5.91 Å². The van der Waals surface area contributed by atoms with Crippen molar-refractivity contribution in [2.75, 3.05) is 6.61 Å². The normalized spacial score (nSPS) is 14.2. The predicted molar refractivity (Wildman–Crippen MR) is 77.3 cm³/mol. The molecule has 0 unspecified atom stereocenters. The van der Waals surface area contributed by atoms with Crippen LogP contribution >= 0.6 is 0 Å². The van der Waals surface area contributed by atoms with Gasteiger partial charge in [-0.1, -0.05) is 32.0 Å². The summed E-state index contributed by atoms with van der Waals surface area (Å²) < 4.78 is 45.2. The van der Waals surface area contributed by atoms with Gasteiger partial charge in [0, 0.05) is 5.56 Å². The molecular formula is C15H19F3N2O3. The van der Waals surface area contributed by atoms with Crippen LogP contribution in [0.15, 0.2) is 30.3 Å². The first-order valence-corrected chi connectivity index (χ1v) is 7.03. The lowest BCUT2D eigenvalue weighted by atomic mass is 9.86. The Bertz CT molecular complexity index is 547. The number of carbonyl (C=O) groups is 2. The van der Waals surface area contributed by atoms with Crippen LogP contribution in [0, 0.1) is 5.92 Å². The predicted octanol–water partition coefficient (Wildman–Crippen LogP) is 2.44. The number of carbonyl (C=O) groups excluding carboxylic acids is 2. The molecule has 8 heteroatoms. The second kappa shape index (κ2) is 7.45. The Hall–Kier alpha value is -2.09. The number of esters is 1. The summed E-state index contributed by atoms with van der Waals surface area (Å²) in [5.74, 6) is -3.49. The van der Waals surface area contributed by atoms with Crippen molar-refractivity contribution < 1.29 is 27.5 Å². The van der Waals surface area contributed by atoms with E-state index in [1.807, 2.05) is 10.9 Å². The molecule has 0 saturated carbocycles. The highest BCUT2D eigenvalue weighted by Gasteiger charge is 2.64. The van der Waals surface area contributed by atoms with Gasteiger partial charge in [-0.25, -0.2) is 10.2 Å². The van der Waals surface area contributed by atoms with Crippen LogP contribution in [-0.4, -0.2) is 30.2 Å². The molecule has 128 valence electrons. The molecule has 0 aliphatic carbocycles. The fourth-order valence-electron chi connectivity index (χ4n) is 2.01. The number of amides is 1. The minimum atomic E-state index is -4.96. The lowest BCUT2D eigenvalue weighted by molar-refractivity contribution is -0.224. The van der Waals surface area contributed by atoms with Gasteiger partial charge in [-0.05, 0) is 25.0 Å². The average Bonchev–Trinajstić information content (AvgIpc) is 2.47. The fraction of sp³-hybridized carbons (Fsp3) is 0.467. The molecule has 0 saturated heterocycles. The quantitative estimate of drug-likeness (QED) is 0.620. The van der Waals surface area contributed by atoms with Crippen molar-refractivity contribution in [2.24, 2.45) is 5.92 Å². The second-order valence-electron chi connectivity index (χ2n) is 5.13. The summed E-state index contributed by atoms with van der Waals surface area (Å²) in [6.45, 7) is 3.62. The number of ether oxygens (including phenoxy) is 1. The van der Waals surface area contributed by atoms with Crippen LogP contribution in [0.25, 0.3) is 0 Å². The Morgan fingerprint density at radius 3 is 2.17 bits per heavy atom. The molecule has 0 radical (unpaired) electrons. The molecular weight excluding hydrogens is 313 g/mol. The first-order valence-electron chi connectivity index (χ1n) is 7.03. The van der Waals surface area contributed by atoms with Gasteiger partial charge in [0.2, 0.25) is 5.54 Å². The minimum Gasteiger partial charge on any atom is -0.464 e. The Morgan fingerprint density at radius 1 is 1.17 bits per heavy atom. The van der Waals surface area contributed by atoms with Crippen molar-refractivity contribution in [1.29, 1.82) is 0 Å². The van der Waals surface area contributed by atoms with Crippen molar-refractivity contribution in [3.8, 4) is 0 Å². The summed E-state index contributed by atoms with van der Waals surface area (Å²) in [4.78, 5) is 23.9.